The molecule has 5 N–H and O–H groups in total. The van der Waals surface area contributed by atoms with E-state index in [1.165, 1.54) is 12.1 Å². The second-order valence-electron chi connectivity index (χ2n) is 6.16. The summed E-state index contributed by atoms with van der Waals surface area (Å²) in [5.41, 5.74) is 2.23. The number of carboxylic acids is 2. The van der Waals surface area contributed by atoms with Gasteiger partial charge >= 0.3 is 11.9 Å². The number of pyridine rings is 1. The van der Waals surface area contributed by atoms with Gasteiger partial charge in [0.1, 0.15) is 22.6 Å². The van der Waals surface area contributed by atoms with Gasteiger partial charge in [0.15, 0.2) is 0 Å². The number of ether oxygens (including phenoxy) is 1. The Morgan fingerprint density at radius 3 is 2.34 bits per heavy atom. The Bertz CT molecular complexity index is 1070. The molecule has 12 nitrogen and oxygen atoms in total. The van der Waals surface area contributed by atoms with Gasteiger partial charge in [0.05, 0.1) is 18.1 Å². The number of aromatic carboxylic acids is 2. The summed E-state index contributed by atoms with van der Waals surface area (Å²) in [6.07, 6.45) is 0. The molecule has 0 spiro atoms. The first-order chi connectivity index (χ1) is 13.7. The average molecular weight is 404 g/mol. The summed E-state index contributed by atoms with van der Waals surface area (Å²) in [7, 11) is 0. The van der Waals surface area contributed by atoms with Crippen molar-refractivity contribution in [2.24, 2.45) is 0 Å². The lowest BCUT2D eigenvalue weighted by molar-refractivity contribution is -0.384. The van der Waals surface area contributed by atoms with Crippen molar-refractivity contribution in [1.82, 2.24) is 4.98 Å². The number of nitrogens with two attached hydrogens (primary N) is 1. The van der Waals surface area contributed by atoms with Gasteiger partial charge in [0, 0.05) is 24.7 Å². The second-order valence-corrected chi connectivity index (χ2v) is 6.16. The summed E-state index contributed by atoms with van der Waals surface area (Å²) < 4.78 is 5.23. The van der Waals surface area contributed by atoms with E-state index in [0.29, 0.717) is 26.3 Å². The Morgan fingerprint density at radius 1 is 1.17 bits per heavy atom. The molecule has 1 aliphatic heterocycles. The molecule has 1 fully saturated rings. The van der Waals surface area contributed by atoms with E-state index < -0.39 is 44.9 Å². The summed E-state index contributed by atoms with van der Waals surface area (Å²) in [5.74, 6) is -3.83. The Hall–Kier alpha value is -3.93. The number of nitro benzene ring substituents is 1. The Labute approximate surface area is 162 Å². The highest BCUT2D eigenvalue weighted by molar-refractivity contribution is 6.07. The molecule has 0 atom stereocenters. The molecular weight excluding hydrogens is 388 g/mol. The van der Waals surface area contributed by atoms with Crippen LogP contribution in [0.15, 0.2) is 23.0 Å². The van der Waals surface area contributed by atoms with Crippen LogP contribution in [0.3, 0.4) is 0 Å². The van der Waals surface area contributed by atoms with Crippen molar-refractivity contribution in [2.45, 2.75) is 0 Å². The molecule has 0 bridgehead atoms. The summed E-state index contributed by atoms with van der Waals surface area (Å²) in [6.45, 7) is 1.60. The van der Waals surface area contributed by atoms with Gasteiger partial charge in [-0.15, -0.1) is 0 Å². The number of aromatic nitrogens is 1. The molecule has 0 amide bonds. The van der Waals surface area contributed by atoms with Crippen LogP contribution in [-0.4, -0.2) is 58.4 Å². The van der Waals surface area contributed by atoms with Gasteiger partial charge < -0.3 is 30.6 Å². The maximum atomic E-state index is 12.1. The largest absolute Gasteiger partial charge is 0.478 e. The van der Waals surface area contributed by atoms with Crippen LogP contribution < -0.4 is 16.2 Å². The van der Waals surface area contributed by atoms with Gasteiger partial charge in [-0.1, -0.05) is 6.07 Å². The fraction of sp³-hybridized carbons (Fsp3) is 0.235. The Balaban J connectivity index is 2.30. The van der Waals surface area contributed by atoms with E-state index in [2.05, 4.69) is 0 Å². The molecule has 1 aromatic carbocycles. The minimum Gasteiger partial charge on any atom is -0.478 e. The first-order valence-corrected chi connectivity index (χ1v) is 8.36. The number of nitrogen functional groups attached to an aromatic ring is 1. The van der Waals surface area contributed by atoms with Crippen LogP contribution in [0.2, 0.25) is 0 Å². The average Bonchev–Trinajstić information content (AvgIpc) is 2.66. The third-order valence-corrected chi connectivity index (χ3v) is 4.48. The molecule has 0 radical (unpaired) electrons. The maximum Gasteiger partial charge on any atom is 0.342 e. The predicted molar refractivity (Wildman–Crippen MR) is 101 cm³/mol. The zero-order valence-electron chi connectivity index (χ0n) is 14.9. The summed E-state index contributed by atoms with van der Waals surface area (Å²) in [5, 5.41) is 30.6. The van der Waals surface area contributed by atoms with E-state index in [4.69, 9.17) is 10.5 Å². The minimum absolute atomic E-state index is 0.124. The first-order valence-electron chi connectivity index (χ1n) is 8.36. The molecule has 1 aliphatic rings. The zero-order valence-corrected chi connectivity index (χ0v) is 14.9. The number of hydrogen-bond acceptors (Lipinski definition) is 8. The zero-order chi connectivity index (χ0) is 21.3. The van der Waals surface area contributed by atoms with E-state index in [1.807, 2.05) is 4.98 Å². The van der Waals surface area contributed by atoms with E-state index >= 15 is 0 Å². The molecule has 29 heavy (non-hydrogen) atoms. The van der Waals surface area contributed by atoms with Crippen molar-refractivity contribution in [3.05, 3.63) is 49.8 Å². The topological polar surface area (TPSA) is 189 Å². The Morgan fingerprint density at radius 2 is 1.79 bits per heavy atom. The fourth-order valence-corrected chi connectivity index (χ4v) is 3.23. The number of H-pyrrole nitrogens is 1. The van der Waals surface area contributed by atoms with Gasteiger partial charge in [0.2, 0.25) is 0 Å². The van der Waals surface area contributed by atoms with Crippen LogP contribution in [0.25, 0.3) is 11.1 Å². The predicted octanol–water partition coefficient (Wildman–Crippen LogP) is 0.765. The standard InChI is InChI=1S/C17H16N4O8/c18-14-12(16(23)24)11(13(17(25)26)15(22)19-14)8-1-2-9(10(7-8)21(27)28)20-3-5-29-6-4-20/h1-2,7H,3-6H2,(H,23,24)(H,25,26)(H3,18,19,22). The molecule has 0 saturated carbocycles. The van der Waals surface area contributed by atoms with Crippen LogP contribution in [0, 0.1) is 10.1 Å². The van der Waals surface area contributed by atoms with Crippen molar-refractivity contribution in [3.63, 3.8) is 0 Å². The molecule has 1 aromatic heterocycles. The van der Waals surface area contributed by atoms with Crippen molar-refractivity contribution >= 4 is 29.1 Å². The smallest absolute Gasteiger partial charge is 0.342 e. The third-order valence-electron chi connectivity index (χ3n) is 4.48. The highest BCUT2D eigenvalue weighted by atomic mass is 16.6. The summed E-state index contributed by atoms with van der Waals surface area (Å²) in [6, 6.07) is 3.75. The van der Waals surface area contributed by atoms with Crippen molar-refractivity contribution in [3.8, 4) is 11.1 Å². The highest BCUT2D eigenvalue weighted by Gasteiger charge is 2.29. The molecule has 2 heterocycles. The number of carboxylic acid groups (broad SMARTS) is 2. The van der Waals surface area contributed by atoms with E-state index in [0.717, 1.165) is 6.07 Å². The number of nitro groups is 1. The van der Waals surface area contributed by atoms with Crippen LogP contribution in [-0.2, 0) is 4.74 Å². The minimum atomic E-state index is -1.69. The van der Waals surface area contributed by atoms with Crippen LogP contribution in [0.1, 0.15) is 20.7 Å². The third kappa shape index (κ3) is 3.60. The molecule has 0 aliphatic carbocycles. The van der Waals surface area contributed by atoms with Crippen LogP contribution >= 0.6 is 0 Å². The van der Waals surface area contributed by atoms with Crippen molar-refractivity contribution in [1.29, 1.82) is 0 Å². The lowest BCUT2D eigenvalue weighted by atomic mass is 9.94. The van der Waals surface area contributed by atoms with E-state index in [-0.39, 0.29) is 16.9 Å². The molecule has 152 valence electrons. The molecule has 12 heteroatoms. The number of anilines is 2. The molecule has 1 saturated heterocycles. The highest BCUT2D eigenvalue weighted by Crippen LogP contribution is 2.36. The number of nitrogens with one attached hydrogen (secondary N) is 1. The number of rotatable bonds is 5. The number of aromatic amines is 1. The monoisotopic (exact) mass is 404 g/mol. The maximum absolute atomic E-state index is 12.1. The molecule has 2 aromatic rings. The quantitative estimate of drug-likeness (QED) is 0.409. The fourth-order valence-electron chi connectivity index (χ4n) is 3.23. The number of carbonyl (C=O) groups is 2. The van der Waals surface area contributed by atoms with Gasteiger partial charge in [-0.25, -0.2) is 9.59 Å². The summed E-state index contributed by atoms with van der Waals surface area (Å²) in [4.78, 5) is 50.1. The van der Waals surface area contributed by atoms with E-state index in [9.17, 15) is 34.7 Å². The lowest BCUT2D eigenvalue weighted by Gasteiger charge is -2.28. The lowest BCUT2D eigenvalue weighted by Crippen LogP contribution is -2.36. The number of nitrogens with zero attached hydrogens (tertiary/aromatic N) is 2. The first kappa shape index (κ1) is 19.8. The second kappa shape index (κ2) is 7.59. The number of hydrogen-bond donors (Lipinski definition) is 4. The van der Waals surface area contributed by atoms with Gasteiger partial charge in [-0.2, -0.15) is 0 Å². The number of benzene rings is 1. The van der Waals surface area contributed by atoms with Gasteiger partial charge in [0.25, 0.3) is 11.2 Å². The van der Waals surface area contributed by atoms with Crippen LogP contribution in [0.4, 0.5) is 17.2 Å². The number of morpholine rings is 1. The Kier molecular flexibility index (Phi) is 5.19. The SMILES string of the molecule is Nc1[nH]c(=O)c(C(=O)O)c(-c2ccc(N3CCOCC3)c([N+](=O)[O-])c2)c1C(=O)O. The van der Waals surface area contributed by atoms with Gasteiger partial charge in [-0.3, -0.25) is 14.9 Å². The van der Waals surface area contributed by atoms with E-state index in [1.54, 1.807) is 4.90 Å². The molecular formula is C17H16N4O8. The normalized spacial score (nSPS) is 13.9. The van der Waals surface area contributed by atoms with Crippen LogP contribution in [0.5, 0.6) is 0 Å². The van der Waals surface area contributed by atoms with Gasteiger partial charge in [-0.05, 0) is 11.6 Å². The molecule has 3 rings (SSSR count). The van der Waals surface area contributed by atoms with Crippen molar-refractivity contribution < 1.29 is 29.5 Å². The van der Waals surface area contributed by atoms with Crippen molar-refractivity contribution in [2.75, 3.05) is 36.9 Å². The summed E-state index contributed by atoms with van der Waals surface area (Å²) >= 11 is 0. The molecule has 0 unspecified atom stereocenters.